The van der Waals surface area contributed by atoms with E-state index in [1.54, 1.807) is 23.5 Å². The molecule has 4 rings (SSSR count). The third kappa shape index (κ3) is 5.28. The van der Waals surface area contributed by atoms with E-state index in [0.29, 0.717) is 0 Å². The number of ether oxygens (including phenoxy) is 1. The van der Waals surface area contributed by atoms with E-state index in [-0.39, 0.29) is 10.6 Å². The first-order valence-corrected chi connectivity index (χ1v) is 11.4. The molecule has 2 heterocycles. The van der Waals surface area contributed by atoms with Crippen LogP contribution >= 0.6 is 11.3 Å². The van der Waals surface area contributed by atoms with E-state index in [1.807, 2.05) is 12.1 Å². The molecule has 1 aliphatic heterocycles. The largest absolute Gasteiger partial charge is 0.379 e. The minimum absolute atomic E-state index is 0.0970. The summed E-state index contributed by atoms with van der Waals surface area (Å²) >= 11 is 1.59. The van der Waals surface area contributed by atoms with Gasteiger partial charge in [0.25, 0.3) is 5.69 Å². The molecule has 3 aromatic rings. The molecule has 7 nitrogen and oxygen atoms in total. The Kier molecular flexibility index (Phi) is 6.91. The van der Waals surface area contributed by atoms with E-state index in [4.69, 9.17) is 9.73 Å². The zero-order valence-electron chi connectivity index (χ0n) is 17.6. The third-order valence-electron chi connectivity index (χ3n) is 5.48. The summed E-state index contributed by atoms with van der Waals surface area (Å²) in [5, 5.41) is 13.1. The maximum Gasteiger partial charge on any atom is 0.269 e. The summed E-state index contributed by atoms with van der Waals surface area (Å²) < 4.78 is 7.68. The summed E-state index contributed by atoms with van der Waals surface area (Å²) in [6.45, 7) is 7.24. The quantitative estimate of drug-likeness (QED) is 0.408. The van der Waals surface area contributed by atoms with E-state index >= 15 is 0 Å². The molecule has 1 aromatic heterocycles. The van der Waals surface area contributed by atoms with Crippen LogP contribution in [0.4, 0.5) is 11.4 Å². The molecule has 162 valence electrons. The molecule has 1 fully saturated rings. The standard InChI is InChI=1S/C23H26N4O3S/c1-2-18-3-7-20(8-4-18)24-23-26(12-11-25-13-15-30-16-14-25)22(17-31-23)19-5-9-21(10-6-19)27(28)29/h3-10,17H,2,11-16H2,1H3. The minimum atomic E-state index is -0.370. The Morgan fingerprint density at radius 2 is 1.77 bits per heavy atom. The van der Waals surface area contributed by atoms with Crippen LogP contribution in [0.2, 0.25) is 0 Å². The molecule has 0 N–H and O–H groups in total. The SMILES string of the molecule is CCc1ccc(N=c2scc(-c3ccc([N+](=O)[O-])cc3)n2CCN2CCOCC2)cc1. The van der Waals surface area contributed by atoms with Crippen molar-refractivity contribution in [1.82, 2.24) is 9.47 Å². The van der Waals surface area contributed by atoms with Gasteiger partial charge >= 0.3 is 0 Å². The van der Waals surface area contributed by atoms with E-state index < -0.39 is 0 Å². The molecule has 31 heavy (non-hydrogen) atoms. The van der Waals surface area contributed by atoms with Crippen molar-refractivity contribution in [3.8, 4) is 11.3 Å². The van der Waals surface area contributed by atoms with Crippen LogP contribution in [0.3, 0.4) is 0 Å². The van der Waals surface area contributed by atoms with Crippen molar-refractivity contribution < 1.29 is 9.66 Å². The average Bonchev–Trinajstić information content (AvgIpc) is 3.21. The lowest BCUT2D eigenvalue weighted by molar-refractivity contribution is -0.384. The molecule has 0 radical (unpaired) electrons. The van der Waals surface area contributed by atoms with Gasteiger partial charge in [0.05, 0.1) is 29.5 Å². The summed E-state index contributed by atoms with van der Waals surface area (Å²) in [6, 6.07) is 15.1. The second-order valence-corrected chi connectivity index (χ2v) is 8.28. The molecule has 0 bridgehead atoms. The van der Waals surface area contributed by atoms with Gasteiger partial charge in [-0.15, -0.1) is 11.3 Å². The Morgan fingerprint density at radius 3 is 2.42 bits per heavy atom. The predicted molar refractivity (Wildman–Crippen MR) is 123 cm³/mol. The van der Waals surface area contributed by atoms with Gasteiger partial charge in [0.15, 0.2) is 4.80 Å². The van der Waals surface area contributed by atoms with E-state index in [9.17, 15) is 10.1 Å². The maximum atomic E-state index is 11.0. The summed E-state index contributed by atoms with van der Waals surface area (Å²) in [6.07, 6.45) is 1.00. The zero-order chi connectivity index (χ0) is 21.6. The molecule has 8 heteroatoms. The highest BCUT2D eigenvalue weighted by Crippen LogP contribution is 2.24. The number of thiazole rings is 1. The third-order valence-corrected chi connectivity index (χ3v) is 6.35. The fourth-order valence-electron chi connectivity index (χ4n) is 3.60. The fraction of sp³-hybridized carbons (Fsp3) is 0.348. The van der Waals surface area contributed by atoms with Crippen molar-refractivity contribution in [1.29, 1.82) is 0 Å². The van der Waals surface area contributed by atoms with Gasteiger partial charge < -0.3 is 9.30 Å². The Labute approximate surface area is 185 Å². The van der Waals surface area contributed by atoms with Crippen molar-refractivity contribution in [2.45, 2.75) is 19.9 Å². The van der Waals surface area contributed by atoms with Crippen molar-refractivity contribution in [2.24, 2.45) is 4.99 Å². The zero-order valence-corrected chi connectivity index (χ0v) is 18.4. The minimum Gasteiger partial charge on any atom is -0.379 e. The van der Waals surface area contributed by atoms with Crippen LogP contribution in [0.5, 0.6) is 0 Å². The lowest BCUT2D eigenvalue weighted by atomic mass is 10.1. The van der Waals surface area contributed by atoms with Crippen LogP contribution < -0.4 is 4.80 Å². The summed E-state index contributed by atoms with van der Waals surface area (Å²) in [5.74, 6) is 0. The smallest absolute Gasteiger partial charge is 0.269 e. The van der Waals surface area contributed by atoms with Crippen molar-refractivity contribution in [2.75, 3.05) is 32.8 Å². The lowest BCUT2D eigenvalue weighted by Gasteiger charge is -2.26. The first-order chi connectivity index (χ1) is 15.1. The number of morpholine rings is 1. The Morgan fingerprint density at radius 1 is 1.06 bits per heavy atom. The monoisotopic (exact) mass is 438 g/mol. The fourth-order valence-corrected chi connectivity index (χ4v) is 4.56. The summed E-state index contributed by atoms with van der Waals surface area (Å²) in [7, 11) is 0. The molecular formula is C23H26N4O3S. The van der Waals surface area contributed by atoms with Gasteiger partial charge in [0, 0.05) is 43.7 Å². The number of nitro groups is 1. The van der Waals surface area contributed by atoms with Gasteiger partial charge in [-0.25, -0.2) is 4.99 Å². The van der Waals surface area contributed by atoms with E-state index in [1.165, 1.54) is 5.56 Å². The number of rotatable bonds is 7. The Bertz CT molecular complexity index is 1080. The number of non-ortho nitro benzene ring substituents is 1. The number of aryl methyl sites for hydroxylation is 1. The van der Waals surface area contributed by atoms with Gasteiger partial charge in [0.2, 0.25) is 0 Å². The van der Waals surface area contributed by atoms with Gasteiger partial charge in [-0.1, -0.05) is 19.1 Å². The second kappa shape index (κ2) is 10.00. The molecule has 0 saturated carbocycles. The van der Waals surface area contributed by atoms with Gasteiger partial charge in [-0.05, 0) is 41.8 Å². The average molecular weight is 439 g/mol. The van der Waals surface area contributed by atoms with Crippen molar-refractivity contribution >= 4 is 22.7 Å². The molecule has 0 unspecified atom stereocenters. The topological polar surface area (TPSA) is 72.9 Å². The van der Waals surface area contributed by atoms with Gasteiger partial charge in [0.1, 0.15) is 0 Å². The van der Waals surface area contributed by atoms with Gasteiger partial charge in [-0.2, -0.15) is 0 Å². The molecule has 0 spiro atoms. The van der Waals surface area contributed by atoms with E-state index in [2.05, 4.69) is 46.0 Å². The van der Waals surface area contributed by atoms with Crippen LogP contribution in [0.15, 0.2) is 58.9 Å². The molecule has 1 saturated heterocycles. The molecule has 0 aliphatic carbocycles. The van der Waals surface area contributed by atoms with Gasteiger partial charge in [-0.3, -0.25) is 15.0 Å². The highest BCUT2D eigenvalue weighted by atomic mass is 32.1. The van der Waals surface area contributed by atoms with Crippen LogP contribution in [0.1, 0.15) is 12.5 Å². The first-order valence-electron chi connectivity index (χ1n) is 10.5. The second-order valence-electron chi connectivity index (χ2n) is 7.44. The first kappa shape index (κ1) is 21.4. The van der Waals surface area contributed by atoms with Crippen LogP contribution in [-0.4, -0.2) is 47.2 Å². The molecule has 0 amide bonds. The molecule has 2 aromatic carbocycles. The molecular weight excluding hydrogens is 412 g/mol. The summed E-state index contributed by atoms with van der Waals surface area (Å²) in [4.78, 5) is 18.9. The number of hydrogen-bond acceptors (Lipinski definition) is 6. The van der Waals surface area contributed by atoms with Crippen molar-refractivity contribution in [3.05, 3.63) is 74.4 Å². The number of nitrogens with zero attached hydrogens (tertiary/aromatic N) is 4. The number of hydrogen-bond donors (Lipinski definition) is 0. The highest BCUT2D eigenvalue weighted by molar-refractivity contribution is 7.07. The van der Waals surface area contributed by atoms with Crippen molar-refractivity contribution in [3.63, 3.8) is 0 Å². The highest BCUT2D eigenvalue weighted by Gasteiger charge is 2.14. The molecule has 0 atom stereocenters. The van der Waals surface area contributed by atoms with Crippen LogP contribution in [-0.2, 0) is 17.7 Å². The lowest BCUT2D eigenvalue weighted by Crippen LogP contribution is -2.39. The number of aromatic nitrogens is 1. The Hall–Kier alpha value is -2.81. The molecule has 1 aliphatic rings. The summed E-state index contributed by atoms with van der Waals surface area (Å²) in [5.41, 5.74) is 4.29. The van der Waals surface area contributed by atoms with Crippen LogP contribution in [0, 0.1) is 10.1 Å². The normalized spacial score (nSPS) is 15.3. The number of benzene rings is 2. The number of nitro benzene ring substituents is 1. The predicted octanol–water partition coefficient (Wildman–Crippen LogP) is 4.25. The maximum absolute atomic E-state index is 11.0. The van der Waals surface area contributed by atoms with E-state index in [0.717, 1.165) is 67.6 Å². The Balaban J connectivity index is 1.68. The van der Waals surface area contributed by atoms with Crippen LogP contribution in [0.25, 0.3) is 11.3 Å².